The van der Waals surface area contributed by atoms with Gasteiger partial charge in [-0.15, -0.1) is 0 Å². The van der Waals surface area contributed by atoms with E-state index in [1.807, 2.05) is 0 Å². The molecule has 1 aliphatic heterocycles. The van der Waals surface area contributed by atoms with Crippen LogP contribution in [0.25, 0.3) is 0 Å². The Kier molecular flexibility index (Phi) is 11.8. The zero-order valence-corrected chi connectivity index (χ0v) is 14.0. The highest BCUT2D eigenvalue weighted by Gasteiger charge is 2.11. The van der Waals surface area contributed by atoms with E-state index in [0.717, 1.165) is 12.8 Å². The lowest BCUT2D eigenvalue weighted by Crippen LogP contribution is -2.23. The fraction of sp³-hybridized carbons (Fsp3) is 0.583. The number of hydrogen-bond acceptors (Lipinski definition) is 5. The molecule has 0 radical (unpaired) electrons. The van der Waals surface area contributed by atoms with Crippen LogP contribution in [0.4, 0.5) is 4.79 Å². The van der Waals surface area contributed by atoms with Crippen molar-refractivity contribution in [3.63, 3.8) is 0 Å². The van der Waals surface area contributed by atoms with Crippen molar-refractivity contribution in [3.8, 4) is 12.0 Å². The Bertz CT molecular complexity index is 388. The first-order chi connectivity index (χ1) is 9.11. The van der Waals surface area contributed by atoms with Crippen molar-refractivity contribution in [2.24, 2.45) is 4.40 Å². The first-order valence-corrected chi connectivity index (χ1v) is 8.26. The average Bonchev–Trinajstić information content (AvgIpc) is 2.75. The van der Waals surface area contributed by atoms with E-state index in [9.17, 15) is 9.59 Å². The lowest BCUT2D eigenvalue weighted by molar-refractivity contribution is -0.110. The fourth-order valence-electron chi connectivity index (χ4n) is 0.856. The summed E-state index contributed by atoms with van der Waals surface area (Å²) in [5.74, 6) is 3.34. The highest BCUT2D eigenvalue weighted by Crippen LogP contribution is 2.10. The molecule has 0 unspecified atom stereocenters. The molecule has 106 valence electrons. The minimum Gasteiger partial charge on any atom is -0.356 e. The Morgan fingerprint density at radius 2 is 2.37 bits per heavy atom. The third kappa shape index (κ3) is 10.8. The second-order valence-corrected chi connectivity index (χ2v) is 4.95. The first-order valence-electron chi connectivity index (χ1n) is 5.80. The van der Waals surface area contributed by atoms with Gasteiger partial charge in [-0.05, 0) is 31.2 Å². The molecule has 1 amide bonds. The molecule has 0 atom stereocenters. The van der Waals surface area contributed by atoms with Crippen LogP contribution in [0.1, 0.15) is 26.7 Å². The van der Waals surface area contributed by atoms with Crippen molar-refractivity contribution in [3.05, 3.63) is 0 Å². The van der Waals surface area contributed by atoms with Crippen LogP contribution in [0.2, 0.25) is 0 Å². The summed E-state index contributed by atoms with van der Waals surface area (Å²) in [6.45, 7) is 4.45. The van der Waals surface area contributed by atoms with Crippen LogP contribution >= 0.6 is 34.5 Å². The van der Waals surface area contributed by atoms with Crippen molar-refractivity contribution < 1.29 is 14.3 Å². The van der Waals surface area contributed by atoms with Crippen LogP contribution in [0.3, 0.4) is 0 Å². The Morgan fingerprint density at radius 1 is 1.63 bits per heavy atom. The molecule has 1 N–H and O–H groups in total. The fourth-order valence-corrected chi connectivity index (χ4v) is 1.70. The molecule has 0 aliphatic carbocycles. The molecule has 7 heteroatoms. The maximum atomic E-state index is 10.8. The number of carbonyl (C=O) groups excluding carboxylic acids is 2. The van der Waals surface area contributed by atoms with Gasteiger partial charge < -0.3 is 10.1 Å². The molecule has 0 bridgehead atoms. The zero-order chi connectivity index (χ0) is 14.5. The second-order valence-electron chi connectivity index (χ2n) is 3.46. The van der Waals surface area contributed by atoms with Gasteiger partial charge in [-0.1, -0.05) is 35.9 Å². The smallest absolute Gasteiger partial charge is 0.356 e. The molecule has 0 aromatic heterocycles. The molecule has 1 rings (SSSR count). The van der Waals surface area contributed by atoms with Crippen molar-refractivity contribution in [2.75, 3.05) is 16.7 Å². The quantitative estimate of drug-likeness (QED) is 0.262. The Balaban J connectivity index is 0.000000388. The number of alkyl carbamates (subject to hydrolysis) is 1. The molecule has 19 heavy (non-hydrogen) atoms. The summed E-state index contributed by atoms with van der Waals surface area (Å²) in [7, 11) is 0. The molecule has 5 nitrogen and oxygen atoms in total. The maximum absolute atomic E-state index is 10.8. The molecule has 0 saturated carbocycles. The van der Waals surface area contributed by atoms with Gasteiger partial charge in [0.25, 0.3) is 0 Å². The summed E-state index contributed by atoms with van der Waals surface area (Å²) < 4.78 is 8.98. The van der Waals surface area contributed by atoms with Crippen molar-refractivity contribution in [1.29, 1.82) is 0 Å². The van der Waals surface area contributed by atoms with Gasteiger partial charge in [-0.25, -0.2) is 9.19 Å². The minimum absolute atomic E-state index is 0.171. The summed E-state index contributed by atoms with van der Waals surface area (Å²) in [4.78, 5) is 21.2. The summed E-state index contributed by atoms with van der Waals surface area (Å²) in [6.07, 6.45) is 3.86. The standard InChI is InChI=1S/C8H12INO2.C4H5NOS/c1-2-3-6-10-8(11)12-7-4-5-9;1-3-4(6)2-7-5-3/h2-3,5-6H2,1H3,(H,10,11);2H2,1H3. The Morgan fingerprint density at radius 3 is 2.79 bits per heavy atom. The molecular formula is C12H17IN2O3S. The van der Waals surface area contributed by atoms with Gasteiger partial charge in [0.2, 0.25) is 0 Å². The molecule has 0 saturated heterocycles. The van der Waals surface area contributed by atoms with Crippen molar-refractivity contribution in [2.45, 2.75) is 26.7 Å². The maximum Gasteiger partial charge on any atom is 0.421 e. The molecule has 1 heterocycles. The van der Waals surface area contributed by atoms with E-state index in [1.165, 1.54) is 11.9 Å². The molecule has 0 fully saturated rings. The predicted octanol–water partition coefficient (Wildman–Crippen LogP) is 2.59. The molecule has 1 aliphatic rings. The largest absolute Gasteiger partial charge is 0.421 e. The van der Waals surface area contributed by atoms with Gasteiger partial charge in [-0.3, -0.25) is 4.79 Å². The highest BCUT2D eigenvalue weighted by atomic mass is 127. The van der Waals surface area contributed by atoms with Crippen LogP contribution in [0.15, 0.2) is 4.40 Å². The number of halogens is 1. The minimum atomic E-state index is -0.458. The summed E-state index contributed by atoms with van der Waals surface area (Å²) in [5, 5.41) is 2.58. The lowest BCUT2D eigenvalue weighted by Gasteiger charge is -1.98. The van der Waals surface area contributed by atoms with Crippen molar-refractivity contribution >= 4 is 52.1 Å². The average molecular weight is 396 g/mol. The summed E-state index contributed by atoms with van der Waals surface area (Å²) in [6, 6.07) is 0. The Labute approximate surface area is 131 Å². The first kappa shape index (κ1) is 18.2. The number of hydrogen-bond donors (Lipinski definition) is 1. The SMILES string of the molecule is CC1=NSCC1=O.CCCCNC(=O)OC#CCI. The third-order valence-electron chi connectivity index (χ3n) is 1.88. The van der Waals surface area contributed by atoms with Crippen LogP contribution in [0, 0.1) is 12.0 Å². The topological polar surface area (TPSA) is 67.8 Å². The van der Waals surface area contributed by atoms with E-state index < -0.39 is 6.09 Å². The molecule has 0 aromatic carbocycles. The van der Waals surface area contributed by atoms with Gasteiger partial charge in [-0.2, -0.15) is 0 Å². The van der Waals surface area contributed by atoms with E-state index in [-0.39, 0.29) is 5.78 Å². The van der Waals surface area contributed by atoms with E-state index >= 15 is 0 Å². The monoisotopic (exact) mass is 396 g/mol. The number of carbonyl (C=O) groups is 2. The van der Waals surface area contributed by atoms with Crippen molar-refractivity contribution in [1.82, 2.24) is 5.32 Å². The number of ketones is 1. The summed E-state index contributed by atoms with van der Waals surface area (Å²) >= 11 is 3.41. The van der Waals surface area contributed by atoms with Gasteiger partial charge in [0.15, 0.2) is 5.78 Å². The number of rotatable bonds is 3. The lowest BCUT2D eigenvalue weighted by atomic mass is 10.3. The van der Waals surface area contributed by atoms with Gasteiger partial charge >= 0.3 is 6.09 Å². The van der Waals surface area contributed by atoms with Gasteiger partial charge in [0.05, 0.1) is 15.9 Å². The molecular weight excluding hydrogens is 379 g/mol. The van der Waals surface area contributed by atoms with E-state index in [4.69, 9.17) is 0 Å². The highest BCUT2D eigenvalue weighted by molar-refractivity contribution is 14.1. The predicted molar refractivity (Wildman–Crippen MR) is 86.6 cm³/mol. The third-order valence-corrected chi connectivity index (χ3v) is 3.06. The number of amides is 1. The number of Topliss-reactive ketones (excluding diaryl/α,β-unsaturated/α-hetero) is 1. The Hall–Kier alpha value is -0.750. The normalized spacial score (nSPS) is 12.6. The number of nitrogens with one attached hydrogen (secondary N) is 1. The molecule has 0 spiro atoms. The van der Waals surface area contributed by atoms with Crippen LogP contribution in [-0.2, 0) is 9.53 Å². The van der Waals surface area contributed by atoms with E-state index in [1.54, 1.807) is 6.92 Å². The summed E-state index contributed by atoms with van der Waals surface area (Å²) in [5.41, 5.74) is 0.657. The van der Waals surface area contributed by atoms with Gasteiger partial charge in [0, 0.05) is 6.54 Å². The number of ether oxygens (including phenoxy) is 1. The number of unbranched alkanes of at least 4 members (excludes halogenated alkanes) is 1. The number of nitrogens with zero attached hydrogens (tertiary/aromatic N) is 1. The van der Waals surface area contributed by atoms with Gasteiger partial charge in [0.1, 0.15) is 6.11 Å². The zero-order valence-electron chi connectivity index (χ0n) is 11.0. The van der Waals surface area contributed by atoms with E-state index in [0.29, 0.717) is 22.4 Å². The molecule has 0 aromatic rings. The van der Waals surface area contributed by atoms with Crippen LogP contribution in [0.5, 0.6) is 0 Å². The second kappa shape index (κ2) is 12.3. The van der Waals surface area contributed by atoms with E-state index in [2.05, 4.69) is 56.0 Å². The number of alkyl halides is 1. The van der Waals surface area contributed by atoms with Crippen LogP contribution in [-0.4, -0.2) is 34.3 Å². The van der Waals surface area contributed by atoms with Crippen LogP contribution < -0.4 is 5.32 Å².